The second-order valence-electron chi connectivity index (χ2n) is 5.68. The summed E-state index contributed by atoms with van der Waals surface area (Å²) >= 11 is 11.9. The Morgan fingerprint density at radius 2 is 1.89 bits per heavy atom. The number of aromatic carboxylic acids is 1. The second-order valence-corrected chi connectivity index (χ2v) is 9.21. The van der Waals surface area contributed by atoms with Crippen LogP contribution in [0.5, 0.6) is 0 Å². The standard InChI is InChI=1S/C17H9Br3N4O2S/c18-10-3-8(4-11(19)15(10)20)6-24-7-13(22-23-24)16-21-12-2-1-9(17(25)26)5-14(12)27-16/h1-5,7H,6H2,(H,25,26). The first-order chi connectivity index (χ1) is 12.9. The Morgan fingerprint density at radius 3 is 2.59 bits per heavy atom. The maximum atomic E-state index is 11.1. The number of hydrogen-bond donors (Lipinski definition) is 1. The molecule has 0 aliphatic carbocycles. The highest BCUT2D eigenvalue weighted by Crippen LogP contribution is 2.33. The van der Waals surface area contributed by atoms with Gasteiger partial charge in [0.1, 0.15) is 10.7 Å². The first kappa shape index (κ1) is 18.7. The largest absolute Gasteiger partial charge is 0.478 e. The monoisotopic (exact) mass is 570 g/mol. The summed E-state index contributed by atoms with van der Waals surface area (Å²) in [4.78, 5) is 15.6. The van der Waals surface area contributed by atoms with E-state index in [1.807, 2.05) is 18.3 Å². The van der Waals surface area contributed by atoms with Gasteiger partial charge in [0.2, 0.25) is 0 Å². The van der Waals surface area contributed by atoms with Gasteiger partial charge in [-0.05, 0) is 83.7 Å². The number of halogens is 3. The fraction of sp³-hybridized carbons (Fsp3) is 0.0588. The van der Waals surface area contributed by atoms with E-state index in [1.54, 1.807) is 22.9 Å². The molecule has 0 fully saturated rings. The Bertz CT molecular complexity index is 1170. The molecule has 4 aromatic rings. The van der Waals surface area contributed by atoms with Crippen molar-refractivity contribution in [3.05, 3.63) is 61.1 Å². The molecule has 0 saturated heterocycles. The molecule has 27 heavy (non-hydrogen) atoms. The van der Waals surface area contributed by atoms with Crippen LogP contribution in [-0.4, -0.2) is 31.1 Å². The van der Waals surface area contributed by atoms with E-state index >= 15 is 0 Å². The van der Waals surface area contributed by atoms with Crippen molar-refractivity contribution in [1.29, 1.82) is 0 Å². The third-order valence-corrected chi connectivity index (χ3v) is 7.99. The molecule has 0 radical (unpaired) electrons. The van der Waals surface area contributed by atoms with E-state index in [9.17, 15) is 4.79 Å². The van der Waals surface area contributed by atoms with E-state index in [2.05, 4.69) is 63.1 Å². The molecule has 0 amide bonds. The third-order valence-electron chi connectivity index (χ3n) is 3.78. The van der Waals surface area contributed by atoms with Crippen molar-refractivity contribution in [2.75, 3.05) is 0 Å². The lowest BCUT2D eigenvalue weighted by molar-refractivity contribution is 0.0697. The van der Waals surface area contributed by atoms with Crippen LogP contribution in [0.1, 0.15) is 15.9 Å². The van der Waals surface area contributed by atoms with Crippen LogP contribution in [0.15, 0.2) is 49.9 Å². The summed E-state index contributed by atoms with van der Waals surface area (Å²) in [7, 11) is 0. The molecule has 6 nitrogen and oxygen atoms in total. The first-order valence-electron chi connectivity index (χ1n) is 7.58. The molecule has 1 N–H and O–H groups in total. The fourth-order valence-electron chi connectivity index (χ4n) is 2.53. The quantitative estimate of drug-likeness (QED) is 0.323. The van der Waals surface area contributed by atoms with Crippen LogP contribution in [0, 0.1) is 0 Å². The summed E-state index contributed by atoms with van der Waals surface area (Å²) in [5.74, 6) is -0.954. The summed E-state index contributed by atoms with van der Waals surface area (Å²) < 4.78 is 5.41. The number of rotatable bonds is 4. The maximum Gasteiger partial charge on any atom is 0.335 e. The zero-order valence-corrected chi connectivity index (χ0v) is 18.9. The molecule has 4 rings (SSSR count). The van der Waals surface area contributed by atoms with E-state index in [0.29, 0.717) is 17.2 Å². The molecule has 0 bridgehead atoms. The Kier molecular flexibility index (Phi) is 5.15. The molecule has 0 atom stereocenters. The van der Waals surface area contributed by atoms with Crippen LogP contribution in [0.4, 0.5) is 0 Å². The normalized spacial score (nSPS) is 11.2. The molecule has 2 aromatic carbocycles. The number of nitrogens with zero attached hydrogens (tertiary/aromatic N) is 4. The van der Waals surface area contributed by atoms with Gasteiger partial charge in [-0.1, -0.05) is 5.21 Å². The number of aromatic nitrogens is 4. The predicted molar refractivity (Wildman–Crippen MR) is 114 cm³/mol. The van der Waals surface area contributed by atoms with Crippen LogP contribution in [0.25, 0.3) is 20.9 Å². The van der Waals surface area contributed by atoms with E-state index in [-0.39, 0.29) is 5.56 Å². The second kappa shape index (κ2) is 7.42. The maximum absolute atomic E-state index is 11.1. The van der Waals surface area contributed by atoms with Crippen molar-refractivity contribution < 1.29 is 9.90 Å². The zero-order valence-electron chi connectivity index (χ0n) is 13.4. The van der Waals surface area contributed by atoms with Crippen LogP contribution >= 0.6 is 59.1 Å². The van der Waals surface area contributed by atoms with Gasteiger partial charge in [0, 0.05) is 13.4 Å². The number of fused-ring (bicyclic) bond motifs is 1. The number of carboxylic acids is 1. The van der Waals surface area contributed by atoms with E-state index in [1.165, 1.54) is 11.3 Å². The van der Waals surface area contributed by atoms with Crippen LogP contribution in [0.2, 0.25) is 0 Å². The zero-order chi connectivity index (χ0) is 19.1. The number of thiazole rings is 1. The van der Waals surface area contributed by atoms with Gasteiger partial charge in [0.25, 0.3) is 0 Å². The minimum atomic E-state index is -0.954. The van der Waals surface area contributed by atoms with Crippen LogP contribution < -0.4 is 0 Å². The molecule has 0 spiro atoms. The number of carbonyl (C=O) groups is 1. The van der Waals surface area contributed by atoms with Gasteiger partial charge in [0.05, 0.1) is 28.5 Å². The van der Waals surface area contributed by atoms with Crippen molar-refractivity contribution in [3.63, 3.8) is 0 Å². The van der Waals surface area contributed by atoms with E-state index < -0.39 is 5.97 Å². The van der Waals surface area contributed by atoms with Gasteiger partial charge in [-0.3, -0.25) is 0 Å². The van der Waals surface area contributed by atoms with Gasteiger partial charge in [-0.25, -0.2) is 14.5 Å². The molecule has 10 heteroatoms. The lowest BCUT2D eigenvalue weighted by Gasteiger charge is -2.05. The van der Waals surface area contributed by atoms with Crippen LogP contribution in [-0.2, 0) is 6.54 Å². The highest BCUT2D eigenvalue weighted by Gasteiger charge is 2.13. The highest BCUT2D eigenvalue weighted by molar-refractivity contribution is 9.14. The minimum Gasteiger partial charge on any atom is -0.478 e. The Morgan fingerprint density at radius 1 is 1.15 bits per heavy atom. The summed E-state index contributed by atoms with van der Waals surface area (Å²) in [5, 5.41) is 18.2. The minimum absolute atomic E-state index is 0.243. The molecule has 136 valence electrons. The highest BCUT2D eigenvalue weighted by atomic mass is 79.9. The fourth-order valence-corrected chi connectivity index (χ4v) is 4.99. The summed E-state index contributed by atoms with van der Waals surface area (Å²) in [5.41, 5.74) is 2.70. The van der Waals surface area contributed by atoms with Crippen molar-refractivity contribution >= 4 is 75.3 Å². The molecule has 0 aliphatic heterocycles. The van der Waals surface area contributed by atoms with E-state index in [0.717, 1.165) is 29.2 Å². The van der Waals surface area contributed by atoms with Gasteiger partial charge >= 0.3 is 5.97 Å². The van der Waals surface area contributed by atoms with Crippen molar-refractivity contribution in [1.82, 2.24) is 20.0 Å². The number of carboxylic acid groups (broad SMARTS) is 1. The summed E-state index contributed by atoms with van der Waals surface area (Å²) in [6.45, 7) is 0.561. The molecule has 0 unspecified atom stereocenters. The van der Waals surface area contributed by atoms with Gasteiger partial charge < -0.3 is 5.11 Å². The Labute approximate surface area is 182 Å². The topological polar surface area (TPSA) is 80.9 Å². The molecule has 0 aliphatic rings. The molecular formula is C17H9Br3N4O2S. The SMILES string of the molecule is O=C(O)c1ccc2nc(-c3cn(Cc4cc(Br)c(Br)c(Br)c4)nn3)sc2c1. The predicted octanol–water partition coefficient (Wildman–Crippen LogP) is 5.59. The van der Waals surface area contributed by atoms with Crippen molar-refractivity contribution in [3.8, 4) is 10.7 Å². The number of hydrogen-bond acceptors (Lipinski definition) is 5. The first-order valence-corrected chi connectivity index (χ1v) is 10.8. The summed E-state index contributed by atoms with van der Waals surface area (Å²) in [6, 6.07) is 8.91. The molecule has 2 heterocycles. The lowest BCUT2D eigenvalue weighted by Crippen LogP contribution is -2.00. The van der Waals surface area contributed by atoms with Gasteiger partial charge in [-0.2, -0.15) is 0 Å². The van der Waals surface area contributed by atoms with E-state index in [4.69, 9.17) is 5.11 Å². The number of benzene rings is 2. The third kappa shape index (κ3) is 3.84. The summed E-state index contributed by atoms with van der Waals surface area (Å²) in [6.07, 6.45) is 1.83. The van der Waals surface area contributed by atoms with Crippen molar-refractivity contribution in [2.45, 2.75) is 6.54 Å². The Balaban J connectivity index is 1.62. The molecular weight excluding hydrogens is 564 g/mol. The molecule has 2 aromatic heterocycles. The van der Waals surface area contributed by atoms with Gasteiger partial charge in [-0.15, -0.1) is 16.4 Å². The average Bonchev–Trinajstić information content (AvgIpc) is 3.25. The Hall–Kier alpha value is -1.62. The average molecular weight is 573 g/mol. The van der Waals surface area contributed by atoms with Crippen molar-refractivity contribution in [2.24, 2.45) is 0 Å². The smallest absolute Gasteiger partial charge is 0.335 e. The lowest BCUT2D eigenvalue weighted by atomic mass is 10.2. The molecule has 0 saturated carbocycles. The van der Waals surface area contributed by atoms with Gasteiger partial charge in [0.15, 0.2) is 0 Å². The van der Waals surface area contributed by atoms with Crippen LogP contribution in [0.3, 0.4) is 0 Å².